The Hall–Kier alpha value is -2.72. The van der Waals surface area contributed by atoms with E-state index in [4.69, 9.17) is 4.74 Å². The molecule has 10 heteroatoms. The standard InChI is InChI=1S/C24H30F2N2O5S/c1-5-34(31,32)27-20-9-10-28(23(30)33-24(2,3)4)21(20)12-15-7-6-8-16(11-15)18-13-17(25)14-19(26)22(18)29/h6-8,11,13-14,20-21,27,29H,5,9-10,12H2,1-4H3. The van der Waals surface area contributed by atoms with Crippen LogP contribution in [0.4, 0.5) is 13.6 Å². The van der Waals surface area contributed by atoms with Crippen LogP contribution in [-0.4, -0.2) is 54.5 Å². The Morgan fingerprint density at radius 3 is 2.59 bits per heavy atom. The van der Waals surface area contributed by atoms with Crippen LogP contribution in [0.5, 0.6) is 5.75 Å². The molecule has 2 atom stereocenters. The van der Waals surface area contributed by atoms with Gasteiger partial charge in [0.1, 0.15) is 11.4 Å². The van der Waals surface area contributed by atoms with Crippen molar-refractivity contribution >= 4 is 16.1 Å². The Morgan fingerprint density at radius 1 is 1.24 bits per heavy atom. The molecule has 2 N–H and O–H groups in total. The van der Waals surface area contributed by atoms with Crippen LogP contribution >= 0.6 is 0 Å². The Labute approximate surface area is 198 Å². The van der Waals surface area contributed by atoms with Crippen molar-refractivity contribution in [2.45, 2.75) is 58.2 Å². The van der Waals surface area contributed by atoms with Crippen LogP contribution in [0.25, 0.3) is 11.1 Å². The molecule has 34 heavy (non-hydrogen) atoms. The SMILES string of the molecule is CCS(=O)(=O)NC1CCN(C(=O)OC(C)(C)C)C1Cc1cccc(-c2cc(F)cc(F)c2O)c1. The molecule has 0 aromatic heterocycles. The van der Waals surface area contributed by atoms with Gasteiger partial charge in [0.15, 0.2) is 11.6 Å². The van der Waals surface area contributed by atoms with Crippen molar-refractivity contribution in [3.8, 4) is 16.9 Å². The summed E-state index contributed by atoms with van der Waals surface area (Å²) in [6, 6.07) is 7.28. The van der Waals surface area contributed by atoms with Crippen LogP contribution in [0.2, 0.25) is 0 Å². The van der Waals surface area contributed by atoms with E-state index in [-0.39, 0.29) is 17.7 Å². The molecule has 7 nitrogen and oxygen atoms in total. The van der Waals surface area contributed by atoms with E-state index in [1.165, 1.54) is 11.8 Å². The number of sulfonamides is 1. The molecule has 1 fully saturated rings. The summed E-state index contributed by atoms with van der Waals surface area (Å²) in [6.45, 7) is 7.10. The number of nitrogens with zero attached hydrogens (tertiary/aromatic N) is 1. The van der Waals surface area contributed by atoms with Crippen LogP contribution in [-0.2, 0) is 21.2 Å². The van der Waals surface area contributed by atoms with Gasteiger partial charge in [-0.15, -0.1) is 0 Å². The number of carbonyl (C=O) groups excluding carboxylic acids is 1. The Morgan fingerprint density at radius 2 is 1.94 bits per heavy atom. The van der Waals surface area contributed by atoms with Gasteiger partial charge >= 0.3 is 6.09 Å². The molecule has 2 aromatic rings. The molecule has 1 saturated heterocycles. The van der Waals surface area contributed by atoms with E-state index in [0.717, 1.165) is 6.07 Å². The number of amides is 1. The van der Waals surface area contributed by atoms with Crippen LogP contribution in [0, 0.1) is 11.6 Å². The predicted molar refractivity (Wildman–Crippen MR) is 125 cm³/mol. The second kappa shape index (κ2) is 9.87. The average Bonchev–Trinajstić information content (AvgIpc) is 3.11. The average molecular weight is 497 g/mol. The van der Waals surface area contributed by atoms with Gasteiger partial charge in [0, 0.05) is 24.2 Å². The second-order valence-electron chi connectivity index (χ2n) is 9.35. The lowest BCUT2D eigenvalue weighted by molar-refractivity contribution is 0.0218. The van der Waals surface area contributed by atoms with Gasteiger partial charge in [-0.2, -0.15) is 0 Å². The van der Waals surface area contributed by atoms with Crippen molar-refractivity contribution in [1.82, 2.24) is 9.62 Å². The van der Waals surface area contributed by atoms with Gasteiger partial charge < -0.3 is 14.7 Å². The number of aromatic hydroxyl groups is 1. The number of carbonyl (C=O) groups is 1. The van der Waals surface area contributed by atoms with E-state index >= 15 is 0 Å². The molecule has 1 aliphatic heterocycles. The molecule has 1 aliphatic rings. The van der Waals surface area contributed by atoms with Crippen LogP contribution in [0.3, 0.4) is 0 Å². The Balaban J connectivity index is 1.94. The van der Waals surface area contributed by atoms with E-state index in [1.54, 1.807) is 45.0 Å². The molecule has 1 amide bonds. The number of ether oxygens (including phenoxy) is 1. The van der Waals surface area contributed by atoms with Gasteiger partial charge in [0.25, 0.3) is 0 Å². The number of phenols is 1. The second-order valence-corrected chi connectivity index (χ2v) is 11.4. The van der Waals surface area contributed by atoms with Crippen molar-refractivity contribution < 1.29 is 31.8 Å². The molecule has 186 valence electrons. The Kier molecular flexibility index (Phi) is 7.52. The zero-order valence-corrected chi connectivity index (χ0v) is 20.5. The fraction of sp³-hybridized carbons (Fsp3) is 0.458. The molecule has 0 aliphatic carbocycles. The summed E-state index contributed by atoms with van der Waals surface area (Å²) < 4.78 is 60.3. The third-order valence-electron chi connectivity index (χ3n) is 5.60. The normalized spacial score (nSPS) is 18.8. The van der Waals surface area contributed by atoms with Gasteiger partial charge in [0.05, 0.1) is 11.8 Å². The monoisotopic (exact) mass is 496 g/mol. The van der Waals surface area contributed by atoms with Gasteiger partial charge in [-0.3, -0.25) is 0 Å². The quantitative estimate of drug-likeness (QED) is 0.625. The van der Waals surface area contributed by atoms with Crippen molar-refractivity contribution in [3.05, 3.63) is 53.6 Å². The summed E-state index contributed by atoms with van der Waals surface area (Å²) >= 11 is 0. The van der Waals surface area contributed by atoms with Gasteiger partial charge in [0.2, 0.25) is 10.0 Å². The smallest absolute Gasteiger partial charge is 0.410 e. The molecule has 2 aromatic carbocycles. The summed E-state index contributed by atoms with van der Waals surface area (Å²) in [7, 11) is -3.52. The maximum Gasteiger partial charge on any atom is 0.410 e. The number of phenolic OH excluding ortho intramolecular Hbond substituents is 1. The van der Waals surface area contributed by atoms with E-state index in [9.17, 15) is 27.1 Å². The van der Waals surface area contributed by atoms with Crippen molar-refractivity contribution in [2.24, 2.45) is 0 Å². The van der Waals surface area contributed by atoms with E-state index in [0.29, 0.717) is 30.2 Å². The number of hydrogen-bond donors (Lipinski definition) is 2. The van der Waals surface area contributed by atoms with Crippen LogP contribution < -0.4 is 4.72 Å². The first-order valence-corrected chi connectivity index (χ1v) is 12.7. The minimum atomic E-state index is -3.52. The van der Waals surface area contributed by atoms with E-state index in [2.05, 4.69) is 4.72 Å². The van der Waals surface area contributed by atoms with Crippen molar-refractivity contribution in [3.63, 3.8) is 0 Å². The maximum absolute atomic E-state index is 13.9. The zero-order chi connectivity index (χ0) is 25.3. The van der Waals surface area contributed by atoms with Gasteiger partial charge in [-0.1, -0.05) is 24.3 Å². The molecule has 0 radical (unpaired) electrons. The van der Waals surface area contributed by atoms with Crippen LogP contribution in [0.1, 0.15) is 39.7 Å². The molecule has 0 bridgehead atoms. The molecular formula is C24H30F2N2O5S. The first kappa shape index (κ1) is 25.9. The lowest BCUT2D eigenvalue weighted by Gasteiger charge is -2.31. The first-order chi connectivity index (χ1) is 15.8. The summed E-state index contributed by atoms with van der Waals surface area (Å²) in [6.07, 6.45) is 0.137. The third-order valence-corrected chi connectivity index (χ3v) is 7.02. The number of likely N-dealkylation sites (tertiary alicyclic amines) is 1. The first-order valence-electron chi connectivity index (χ1n) is 11.1. The summed E-state index contributed by atoms with van der Waals surface area (Å²) in [5.41, 5.74) is 0.364. The fourth-order valence-electron chi connectivity index (χ4n) is 4.00. The van der Waals surface area contributed by atoms with Crippen molar-refractivity contribution in [1.29, 1.82) is 0 Å². The molecule has 3 rings (SSSR count). The summed E-state index contributed by atoms with van der Waals surface area (Å²) in [5.74, 6) is -2.65. The van der Waals surface area contributed by atoms with Crippen molar-refractivity contribution in [2.75, 3.05) is 12.3 Å². The number of benzene rings is 2. The maximum atomic E-state index is 13.9. The highest BCUT2D eigenvalue weighted by Crippen LogP contribution is 2.33. The highest BCUT2D eigenvalue weighted by molar-refractivity contribution is 7.89. The largest absolute Gasteiger partial charge is 0.504 e. The molecular weight excluding hydrogens is 466 g/mol. The fourth-order valence-corrected chi connectivity index (χ4v) is 4.90. The molecule has 2 unspecified atom stereocenters. The highest BCUT2D eigenvalue weighted by Gasteiger charge is 2.40. The van der Waals surface area contributed by atoms with E-state index < -0.39 is 51.2 Å². The number of hydrogen-bond acceptors (Lipinski definition) is 5. The van der Waals surface area contributed by atoms with Gasteiger partial charge in [-0.05, 0) is 57.7 Å². The number of nitrogens with one attached hydrogen (secondary N) is 1. The minimum absolute atomic E-state index is 0.00185. The van der Waals surface area contributed by atoms with Gasteiger partial charge in [-0.25, -0.2) is 26.7 Å². The van der Waals surface area contributed by atoms with Crippen LogP contribution in [0.15, 0.2) is 36.4 Å². The summed E-state index contributed by atoms with van der Waals surface area (Å²) in [4.78, 5) is 14.4. The third kappa shape index (κ3) is 6.24. The number of halogens is 2. The topological polar surface area (TPSA) is 95.9 Å². The molecule has 0 spiro atoms. The summed E-state index contributed by atoms with van der Waals surface area (Å²) in [5, 5.41) is 10.1. The van der Waals surface area contributed by atoms with E-state index in [1.807, 2.05) is 0 Å². The zero-order valence-electron chi connectivity index (χ0n) is 19.6. The highest BCUT2D eigenvalue weighted by atomic mass is 32.2. The Bertz CT molecular complexity index is 1160. The minimum Gasteiger partial charge on any atom is -0.504 e. The molecule has 1 heterocycles. The lowest BCUT2D eigenvalue weighted by atomic mass is 9.96. The lowest BCUT2D eigenvalue weighted by Crippen LogP contribution is -2.49. The molecule has 0 saturated carbocycles. The number of rotatable bonds is 6. The predicted octanol–water partition coefficient (Wildman–Crippen LogP) is 4.20.